The number of hydrogen-bond acceptors (Lipinski definition) is 6. The van der Waals surface area contributed by atoms with Crippen molar-refractivity contribution >= 4 is 11.9 Å². The van der Waals surface area contributed by atoms with Gasteiger partial charge in [-0.1, -0.05) is 149 Å². The van der Waals surface area contributed by atoms with Gasteiger partial charge in [0.25, 0.3) is 0 Å². The second-order valence-electron chi connectivity index (χ2n) is 15.7. The zero-order valence-corrected chi connectivity index (χ0v) is 33.2. The average Bonchev–Trinajstić information content (AvgIpc) is 3.12. The highest BCUT2D eigenvalue weighted by Gasteiger charge is 2.43. The lowest BCUT2D eigenvalue weighted by molar-refractivity contribution is -0.172. The highest BCUT2D eigenvalue weighted by Crippen LogP contribution is 2.30. The predicted molar refractivity (Wildman–Crippen MR) is 207 cm³/mol. The van der Waals surface area contributed by atoms with Crippen molar-refractivity contribution in [2.75, 3.05) is 32.9 Å². The van der Waals surface area contributed by atoms with E-state index in [1.165, 1.54) is 122 Å². The van der Waals surface area contributed by atoms with Crippen molar-refractivity contribution in [1.29, 1.82) is 0 Å². The Balaban J connectivity index is 2.57. The molecule has 1 rings (SSSR count). The van der Waals surface area contributed by atoms with E-state index in [2.05, 4.69) is 25.7 Å². The Morgan fingerprint density at radius 3 is 1.33 bits per heavy atom. The fourth-order valence-corrected chi connectivity index (χ4v) is 7.47. The van der Waals surface area contributed by atoms with Crippen LogP contribution in [0.1, 0.15) is 214 Å². The number of unbranched alkanes of at least 4 members (excludes halogenated alkanes) is 20. The molecule has 0 saturated heterocycles. The first-order chi connectivity index (χ1) is 23.9. The lowest BCUT2D eigenvalue weighted by Crippen LogP contribution is -2.40. The molecule has 1 N–H and O–H groups in total. The smallest absolute Gasteiger partial charge is 0.323 e. The molecule has 0 aromatic rings. The summed E-state index contributed by atoms with van der Waals surface area (Å²) in [6, 6.07) is 0.651. The number of ether oxygens (including phenoxy) is 2. The maximum atomic E-state index is 13.3. The molecule has 1 fully saturated rings. The van der Waals surface area contributed by atoms with Crippen LogP contribution in [0.2, 0.25) is 0 Å². The van der Waals surface area contributed by atoms with Crippen LogP contribution in [0.15, 0.2) is 0 Å². The van der Waals surface area contributed by atoms with Gasteiger partial charge in [-0.15, -0.1) is 0 Å². The van der Waals surface area contributed by atoms with Crippen LogP contribution in [0, 0.1) is 11.3 Å². The topological polar surface area (TPSA) is 76.1 Å². The van der Waals surface area contributed by atoms with Gasteiger partial charge < -0.3 is 19.5 Å². The molecule has 1 aliphatic carbocycles. The van der Waals surface area contributed by atoms with E-state index in [9.17, 15) is 14.7 Å². The number of rotatable bonds is 34. The fourth-order valence-electron chi connectivity index (χ4n) is 7.47. The van der Waals surface area contributed by atoms with Crippen molar-refractivity contribution in [3.05, 3.63) is 0 Å². The SMILES string of the molecule is CCCCCCCCCCN(CCCCCCC(C)(C(=O)OCCCCCCCC)C(=O)OCCCCCCCC)C1CCC(CO)CC1. The van der Waals surface area contributed by atoms with Crippen LogP contribution >= 0.6 is 0 Å². The van der Waals surface area contributed by atoms with Crippen LogP contribution in [0.5, 0.6) is 0 Å². The third-order valence-corrected chi connectivity index (χ3v) is 11.1. The van der Waals surface area contributed by atoms with Crippen LogP contribution in [-0.2, 0) is 19.1 Å². The van der Waals surface area contributed by atoms with Gasteiger partial charge in [0.05, 0.1) is 13.2 Å². The summed E-state index contributed by atoms with van der Waals surface area (Å²) in [5, 5.41) is 9.65. The zero-order valence-electron chi connectivity index (χ0n) is 33.2. The summed E-state index contributed by atoms with van der Waals surface area (Å²) in [4.78, 5) is 29.4. The first-order valence-corrected chi connectivity index (χ1v) is 21.6. The second-order valence-corrected chi connectivity index (χ2v) is 15.7. The lowest BCUT2D eigenvalue weighted by atomic mass is 9.84. The molecule has 1 saturated carbocycles. The number of nitrogens with zero attached hydrogens (tertiary/aromatic N) is 1. The Bertz CT molecular complexity index is 735. The van der Waals surface area contributed by atoms with Crippen molar-refractivity contribution in [2.24, 2.45) is 11.3 Å². The maximum Gasteiger partial charge on any atom is 0.323 e. The number of carbonyl (C=O) groups is 2. The summed E-state index contributed by atoms with van der Waals surface area (Å²) in [6.07, 6.45) is 33.7. The summed E-state index contributed by atoms with van der Waals surface area (Å²) in [5.41, 5.74) is -1.22. The van der Waals surface area contributed by atoms with E-state index in [1.807, 2.05) is 0 Å². The monoisotopic (exact) mass is 694 g/mol. The molecule has 0 bridgehead atoms. The maximum absolute atomic E-state index is 13.3. The molecule has 290 valence electrons. The molecule has 6 heteroatoms. The first-order valence-electron chi connectivity index (χ1n) is 21.6. The van der Waals surface area contributed by atoms with Gasteiger partial charge in [-0.25, -0.2) is 0 Å². The Kier molecular flexibility index (Phi) is 29.6. The molecule has 49 heavy (non-hydrogen) atoms. The van der Waals surface area contributed by atoms with Crippen molar-refractivity contribution in [3.63, 3.8) is 0 Å². The highest BCUT2D eigenvalue weighted by atomic mass is 16.6. The predicted octanol–water partition coefficient (Wildman–Crippen LogP) is 11.7. The lowest BCUT2D eigenvalue weighted by Gasteiger charge is -2.37. The molecule has 0 amide bonds. The molecule has 0 atom stereocenters. The number of carbonyl (C=O) groups excluding carboxylic acids is 2. The van der Waals surface area contributed by atoms with E-state index in [0.717, 1.165) is 70.8 Å². The van der Waals surface area contributed by atoms with Gasteiger partial charge in [-0.05, 0) is 83.7 Å². The minimum absolute atomic E-state index is 0.336. The van der Waals surface area contributed by atoms with Gasteiger partial charge >= 0.3 is 11.9 Å². The molecule has 0 heterocycles. The molecule has 0 spiro atoms. The highest BCUT2D eigenvalue weighted by molar-refractivity contribution is 5.99. The molecule has 1 aliphatic rings. The third kappa shape index (κ3) is 22.4. The van der Waals surface area contributed by atoms with Crippen LogP contribution in [0.3, 0.4) is 0 Å². The van der Waals surface area contributed by atoms with E-state index < -0.39 is 17.4 Å². The minimum atomic E-state index is -1.22. The van der Waals surface area contributed by atoms with E-state index in [0.29, 0.717) is 38.2 Å². The van der Waals surface area contributed by atoms with Crippen molar-refractivity contribution in [2.45, 2.75) is 220 Å². The fraction of sp³-hybridized carbons (Fsp3) is 0.953. The van der Waals surface area contributed by atoms with Gasteiger partial charge in [-0.3, -0.25) is 9.59 Å². The number of aliphatic hydroxyl groups is 1. The van der Waals surface area contributed by atoms with Gasteiger partial charge in [0.15, 0.2) is 5.41 Å². The van der Waals surface area contributed by atoms with E-state index >= 15 is 0 Å². The Labute approximate surface area is 304 Å². The van der Waals surface area contributed by atoms with Crippen molar-refractivity contribution in [3.8, 4) is 0 Å². The summed E-state index contributed by atoms with van der Waals surface area (Å²) >= 11 is 0. The van der Waals surface area contributed by atoms with E-state index in [-0.39, 0.29) is 0 Å². The molecule has 6 nitrogen and oxygen atoms in total. The molecule has 0 aromatic heterocycles. The van der Waals surface area contributed by atoms with Crippen molar-refractivity contribution in [1.82, 2.24) is 4.90 Å². The number of esters is 2. The Hall–Kier alpha value is -1.14. The zero-order chi connectivity index (χ0) is 35.8. The quantitative estimate of drug-likeness (QED) is 0.0411. The van der Waals surface area contributed by atoms with Crippen molar-refractivity contribution < 1.29 is 24.2 Å². The summed E-state index contributed by atoms with van der Waals surface area (Å²) in [6.45, 7) is 11.9. The standard InChI is InChI=1S/C43H83NO5/c1-5-8-11-14-17-18-20-25-34-44(40-31-29-39(38-45)30-32-40)35-26-21-19-24-33-43(4,41(46)48-36-27-22-15-12-9-6-2)42(47)49-37-28-23-16-13-10-7-3/h39-40,45H,5-38H2,1-4H3. The van der Waals surface area contributed by atoms with Gasteiger partial charge in [-0.2, -0.15) is 0 Å². The van der Waals surface area contributed by atoms with E-state index in [4.69, 9.17) is 9.47 Å². The molecule has 0 aromatic carbocycles. The Morgan fingerprint density at radius 1 is 0.551 bits per heavy atom. The summed E-state index contributed by atoms with van der Waals surface area (Å²) in [5.74, 6) is -0.307. The molecular weight excluding hydrogens is 610 g/mol. The summed E-state index contributed by atoms with van der Waals surface area (Å²) < 4.78 is 11.4. The van der Waals surface area contributed by atoms with Gasteiger partial charge in [0, 0.05) is 12.6 Å². The van der Waals surface area contributed by atoms with Crippen LogP contribution in [0.25, 0.3) is 0 Å². The third-order valence-electron chi connectivity index (χ3n) is 11.1. The minimum Gasteiger partial charge on any atom is -0.465 e. The van der Waals surface area contributed by atoms with Gasteiger partial charge in [0.2, 0.25) is 0 Å². The normalized spacial score (nSPS) is 16.7. The molecule has 0 unspecified atom stereocenters. The van der Waals surface area contributed by atoms with Crippen LogP contribution in [0.4, 0.5) is 0 Å². The van der Waals surface area contributed by atoms with E-state index in [1.54, 1.807) is 6.92 Å². The summed E-state index contributed by atoms with van der Waals surface area (Å²) in [7, 11) is 0. The van der Waals surface area contributed by atoms with Crippen LogP contribution in [-0.4, -0.2) is 60.9 Å². The molecule has 0 aliphatic heterocycles. The Morgan fingerprint density at radius 2 is 0.918 bits per heavy atom. The second kappa shape index (κ2) is 31.6. The number of hydrogen-bond donors (Lipinski definition) is 1. The number of aliphatic hydroxyl groups excluding tert-OH is 1. The molecular formula is C43H83NO5. The average molecular weight is 694 g/mol. The van der Waals surface area contributed by atoms with Gasteiger partial charge in [0.1, 0.15) is 0 Å². The first kappa shape index (κ1) is 45.9. The largest absolute Gasteiger partial charge is 0.465 e. The molecule has 0 radical (unpaired) electrons. The van der Waals surface area contributed by atoms with Crippen LogP contribution < -0.4 is 0 Å².